The van der Waals surface area contributed by atoms with E-state index < -0.39 is 0 Å². The van der Waals surface area contributed by atoms with E-state index in [9.17, 15) is 0 Å². The van der Waals surface area contributed by atoms with Crippen LogP contribution in [-0.4, -0.2) is 18.1 Å². The van der Waals surface area contributed by atoms with Gasteiger partial charge in [-0.15, -0.1) is 0 Å². The molecule has 1 aliphatic rings. The number of fused-ring (bicyclic) bond motifs is 1. The van der Waals surface area contributed by atoms with Crippen LogP contribution in [0.2, 0.25) is 0 Å². The Labute approximate surface area is 120 Å². The van der Waals surface area contributed by atoms with Crippen molar-refractivity contribution in [3.05, 3.63) is 29.8 Å². The minimum Gasteiger partial charge on any atom is -0.383 e. The Balaban J connectivity index is 2.11. The number of piperidine rings is 1. The fourth-order valence-electron chi connectivity index (χ4n) is 3.07. The van der Waals surface area contributed by atoms with Crippen LogP contribution in [-0.2, 0) is 0 Å². The molecule has 1 aromatic carbocycles. The summed E-state index contributed by atoms with van der Waals surface area (Å²) in [5.74, 6) is 1.09. The van der Waals surface area contributed by atoms with Gasteiger partial charge >= 0.3 is 0 Å². The van der Waals surface area contributed by atoms with Crippen LogP contribution in [0, 0.1) is 0 Å². The third kappa shape index (κ3) is 2.33. The second-order valence-electron chi connectivity index (χ2n) is 6.01. The predicted octanol–water partition coefficient (Wildman–Crippen LogP) is 3.93. The molecule has 0 radical (unpaired) electrons. The topological polar surface area (TPSA) is 42.2 Å². The summed E-state index contributed by atoms with van der Waals surface area (Å²) in [7, 11) is 0. The Morgan fingerprint density at radius 1 is 1.15 bits per heavy atom. The highest BCUT2D eigenvalue weighted by Gasteiger charge is 2.16. The van der Waals surface area contributed by atoms with Crippen LogP contribution in [0.3, 0.4) is 0 Å². The average Bonchev–Trinajstić information content (AvgIpc) is 2.46. The molecule has 1 fully saturated rings. The fourth-order valence-corrected chi connectivity index (χ4v) is 3.07. The monoisotopic (exact) mass is 269 g/mol. The van der Waals surface area contributed by atoms with Gasteiger partial charge in [0.2, 0.25) is 0 Å². The van der Waals surface area contributed by atoms with E-state index >= 15 is 0 Å². The van der Waals surface area contributed by atoms with Gasteiger partial charge in [-0.25, -0.2) is 4.98 Å². The van der Waals surface area contributed by atoms with E-state index in [1.54, 1.807) is 0 Å². The lowest BCUT2D eigenvalue weighted by atomic mass is 10.0. The number of aromatic nitrogens is 1. The molecule has 2 heterocycles. The SMILES string of the molecule is CC(C)c1cc2cccc(N3CCCCC3)c2nc1N. The van der Waals surface area contributed by atoms with Crippen LogP contribution in [0.1, 0.15) is 44.6 Å². The van der Waals surface area contributed by atoms with Crippen molar-refractivity contribution in [2.24, 2.45) is 0 Å². The molecule has 0 aliphatic carbocycles. The first-order valence-electron chi connectivity index (χ1n) is 7.61. The molecule has 106 valence electrons. The molecule has 1 aliphatic heterocycles. The molecule has 0 spiro atoms. The number of benzene rings is 1. The van der Waals surface area contributed by atoms with Crippen molar-refractivity contribution < 1.29 is 0 Å². The number of para-hydroxylation sites is 1. The number of rotatable bonds is 2. The van der Waals surface area contributed by atoms with Crippen LogP contribution >= 0.6 is 0 Å². The van der Waals surface area contributed by atoms with Gasteiger partial charge < -0.3 is 10.6 Å². The second-order valence-corrected chi connectivity index (χ2v) is 6.01. The summed E-state index contributed by atoms with van der Waals surface area (Å²) in [6, 6.07) is 8.65. The molecule has 3 rings (SSSR count). The zero-order valence-corrected chi connectivity index (χ0v) is 12.4. The maximum absolute atomic E-state index is 6.16. The Hall–Kier alpha value is -1.77. The van der Waals surface area contributed by atoms with Gasteiger partial charge in [0.15, 0.2) is 0 Å². The van der Waals surface area contributed by atoms with E-state index in [0.717, 1.165) is 24.2 Å². The number of hydrogen-bond acceptors (Lipinski definition) is 3. The fraction of sp³-hybridized carbons (Fsp3) is 0.471. The van der Waals surface area contributed by atoms with Crippen LogP contribution in [0.5, 0.6) is 0 Å². The Kier molecular flexibility index (Phi) is 3.51. The number of pyridine rings is 1. The van der Waals surface area contributed by atoms with E-state index in [-0.39, 0.29) is 0 Å². The van der Waals surface area contributed by atoms with Gasteiger partial charge in [0.05, 0.1) is 11.2 Å². The van der Waals surface area contributed by atoms with Crippen LogP contribution in [0.15, 0.2) is 24.3 Å². The van der Waals surface area contributed by atoms with Crippen LogP contribution < -0.4 is 10.6 Å². The van der Waals surface area contributed by atoms with Crippen molar-refractivity contribution in [3.8, 4) is 0 Å². The van der Waals surface area contributed by atoms with E-state index in [0.29, 0.717) is 11.7 Å². The molecule has 0 atom stereocenters. The number of nitrogens with two attached hydrogens (primary N) is 1. The quantitative estimate of drug-likeness (QED) is 0.898. The second kappa shape index (κ2) is 5.31. The summed E-state index contributed by atoms with van der Waals surface area (Å²) in [5, 5.41) is 1.20. The molecule has 0 unspecified atom stereocenters. The Bertz CT molecular complexity index is 613. The molecule has 2 N–H and O–H groups in total. The summed E-state index contributed by atoms with van der Waals surface area (Å²) in [6.07, 6.45) is 3.89. The molecular formula is C17H23N3. The largest absolute Gasteiger partial charge is 0.383 e. The minimum atomic E-state index is 0.408. The number of nitrogen functional groups attached to an aromatic ring is 1. The van der Waals surface area contributed by atoms with Gasteiger partial charge in [0, 0.05) is 18.5 Å². The molecular weight excluding hydrogens is 246 g/mol. The highest BCUT2D eigenvalue weighted by atomic mass is 15.1. The molecule has 3 heteroatoms. The molecule has 1 aromatic heterocycles. The smallest absolute Gasteiger partial charge is 0.127 e. The lowest BCUT2D eigenvalue weighted by Crippen LogP contribution is -2.29. The minimum absolute atomic E-state index is 0.408. The highest BCUT2D eigenvalue weighted by Crippen LogP contribution is 2.31. The van der Waals surface area contributed by atoms with Crippen molar-refractivity contribution in [1.29, 1.82) is 0 Å². The first-order chi connectivity index (χ1) is 9.66. The van der Waals surface area contributed by atoms with E-state index in [1.807, 2.05) is 0 Å². The van der Waals surface area contributed by atoms with E-state index in [1.165, 1.54) is 30.3 Å². The third-order valence-electron chi connectivity index (χ3n) is 4.20. The van der Waals surface area contributed by atoms with Gasteiger partial charge in [-0.1, -0.05) is 26.0 Å². The summed E-state index contributed by atoms with van der Waals surface area (Å²) in [4.78, 5) is 7.16. The molecule has 0 amide bonds. The maximum Gasteiger partial charge on any atom is 0.127 e. The first-order valence-corrected chi connectivity index (χ1v) is 7.61. The van der Waals surface area contributed by atoms with Crippen LogP contribution in [0.4, 0.5) is 11.5 Å². The van der Waals surface area contributed by atoms with Crippen LogP contribution in [0.25, 0.3) is 10.9 Å². The van der Waals surface area contributed by atoms with E-state index in [2.05, 4.69) is 43.0 Å². The first kappa shape index (κ1) is 13.2. The number of anilines is 2. The standard InChI is InChI=1S/C17H23N3/c1-12(2)14-11-13-7-6-8-15(16(13)19-17(14)18)20-9-4-3-5-10-20/h6-8,11-12H,3-5,9-10H2,1-2H3,(H2,18,19). The van der Waals surface area contributed by atoms with E-state index in [4.69, 9.17) is 10.7 Å². The number of nitrogens with zero attached hydrogens (tertiary/aromatic N) is 2. The van der Waals surface area contributed by atoms with Crippen molar-refractivity contribution in [2.45, 2.75) is 39.0 Å². The summed E-state index contributed by atoms with van der Waals surface area (Å²) >= 11 is 0. The molecule has 0 saturated carbocycles. The summed E-state index contributed by atoms with van der Waals surface area (Å²) in [6.45, 7) is 6.58. The van der Waals surface area contributed by atoms with Gasteiger partial charge in [0.25, 0.3) is 0 Å². The predicted molar refractivity (Wildman–Crippen MR) is 86.3 cm³/mol. The number of hydrogen-bond donors (Lipinski definition) is 1. The van der Waals surface area contributed by atoms with Gasteiger partial charge in [-0.2, -0.15) is 0 Å². The molecule has 2 aromatic rings. The Morgan fingerprint density at radius 3 is 2.60 bits per heavy atom. The molecule has 20 heavy (non-hydrogen) atoms. The normalized spacial score (nSPS) is 16.1. The Morgan fingerprint density at radius 2 is 1.90 bits per heavy atom. The average molecular weight is 269 g/mol. The van der Waals surface area contributed by atoms with Crippen molar-refractivity contribution in [2.75, 3.05) is 23.7 Å². The zero-order valence-electron chi connectivity index (χ0n) is 12.4. The lowest BCUT2D eigenvalue weighted by molar-refractivity contribution is 0.579. The maximum atomic E-state index is 6.16. The third-order valence-corrected chi connectivity index (χ3v) is 4.20. The van der Waals surface area contributed by atoms with Gasteiger partial charge in [-0.05, 0) is 42.9 Å². The zero-order chi connectivity index (χ0) is 14.1. The van der Waals surface area contributed by atoms with Gasteiger partial charge in [0.1, 0.15) is 5.82 Å². The molecule has 1 saturated heterocycles. The lowest BCUT2D eigenvalue weighted by Gasteiger charge is -2.29. The summed E-state index contributed by atoms with van der Waals surface area (Å²) in [5.41, 5.74) is 9.60. The van der Waals surface area contributed by atoms with Gasteiger partial charge in [-0.3, -0.25) is 0 Å². The molecule has 3 nitrogen and oxygen atoms in total. The van der Waals surface area contributed by atoms with Crippen molar-refractivity contribution >= 4 is 22.4 Å². The summed E-state index contributed by atoms with van der Waals surface area (Å²) < 4.78 is 0. The highest BCUT2D eigenvalue weighted by molar-refractivity contribution is 5.92. The van der Waals surface area contributed by atoms with Crippen molar-refractivity contribution in [1.82, 2.24) is 4.98 Å². The molecule has 0 bridgehead atoms. The van der Waals surface area contributed by atoms with Crippen molar-refractivity contribution in [3.63, 3.8) is 0 Å².